The fourth-order valence-electron chi connectivity index (χ4n) is 5.42. The van der Waals surface area contributed by atoms with Crippen molar-refractivity contribution < 1.29 is 14.3 Å². The molecule has 1 N–H and O–H groups in total. The molecule has 196 valence electrons. The molecule has 1 heterocycles. The van der Waals surface area contributed by atoms with Crippen LogP contribution in [0.1, 0.15) is 10.4 Å². The Balaban J connectivity index is 1.82. The number of nitrogens with one attached hydrogen (secondary N) is 1. The van der Waals surface area contributed by atoms with Crippen molar-refractivity contribution in [2.24, 2.45) is 0 Å². The van der Waals surface area contributed by atoms with Crippen LogP contribution >= 0.6 is 0 Å². The summed E-state index contributed by atoms with van der Waals surface area (Å²) in [5.74, 6) is -0.561. The molecular formula is C35H28N2O3. The third kappa shape index (κ3) is 4.31. The van der Waals surface area contributed by atoms with E-state index in [2.05, 4.69) is 46.3 Å². The van der Waals surface area contributed by atoms with Gasteiger partial charge in [-0.25, -0.2) is 4.58 Å². The zero-order chi connectivity index (χ0) is 27.8. The number of carboxylic acids is 1. The number of carbonyl (C=O) groups is 1. The van der Waals surface area contributed by atoms with Crippen molar-refractivity contribution in [3.05, 3.63) is 120 Å². The Hall–Kier alpha value is -5.16. The summed E-state index contributed by atoms with van der Waals surface area (Å²) in [6.45, 7) is 0. The lowest BCUT2D eigenvalue weighted by Crippen LogP contribution is -2.24. The van der Waals surface area contributed by atoms with E-state index in [1.807, 2.05) is 81.8 Å². The molecule has 0 atom stereocenters. The SMILES string of the molecule is CNc1cc2oc3cc(=[N+](C)C)c(-c4ccccc4)cc-3c(-c3ccccc3C(=O)[O-])c2cc1-c1ccccc1. The smallest absolute Gasteiger partial charge is 0.211 e. The molecule has 1 aliphatic carbocycles. The van der Waals surface area contributed by atoms with Crippen LogP contribution in [0.15, 0.2) is 114 Å². The third-order valence-corrected chi connectivity index (χ3v) is 7.31. The Labute approximate surface area is 232 Å². The molecule has 40 heavy (non-hydrogen) atoms. The third-order valence-electron chi connectivity index (χ3n) is 7.31. The number of nitrogens with zero attached hydrogens (tertiary/aromatic N) is 1. The Morgan fingerprint density at radius 2 is 1.35 bits per heavy atom. The highest BCUT2D eigenvalue weighted by Crippen LogP contribution is 2.45. The van der Waals surface area contributed by atoms with Gasteiger partial charge in [0.2, 0.25) is 5.36 Å². The molecule has 4 aromatic carbocycles. The van der Waals surface area contributed by atoms with E-state index < -0.39 is 5.97 Å². The molecule has 0 radical (unpaired) electrons. The number of hydrogen-bond acceptors (Lipinski definition) is 4. The highest BCUT2D eigenvalue weighted by Gasteiger charge is 2.24. The molecule has 6 rings (SSSR count). The van der Waals surface area contributed by atoms with Gasteiger partial charge in [0.25, 0.3) is 0 Å². The van der Waals surface area contributed by atoms with E-state index >= 15 is 0 Å². The topological polar surface area (TPSA) is 68.3 Å². The maximum atomic E-state index is 12.3. The molecule has 0 unspecified atom stereocenters. The largest absolute Gasteiger partial charge is 0.545 e. The van der Waals surface area contributed by atoms with E-state index in [1.54, 1.807) is 12.1 Å². The van der Waals surface area contributed by atoms with E-state index in [-0.39, 0.29) is 5.56 Å². The van der Waals surface area contributed by atoms with Crippen molar-refractivity contribution >= 4 is 22.6 Å². The van der Waals surface area contributed by atoms with Crippen LogP contribution in [0.2, 0.25) is 0 Å². The first-order valence-corrected chi connectivity index (χ1v) is 13.1. The zero-order valence-corrected chi connectivity index (χ0v) is 22.6. The summed E-state index contributed by atoms with van der Waals surface area (Å²) in [6.07, 6.45) is 0. The number of fused-ring (bicyclic) bond motifs is 2. The van der Waals surface area contributed by atoms with Crippen LogP contribution in [-0.4, -0.2) is 27.1 Å². The minimum atomic E-state index is -1.22. The summed E-state index contributed by atoms with van der Waals surface area (Å²) in [5, 5.41) is 17.5. The van der Waals surface area contributed by atoms with E-state index in [9.17, 15) is 9.90 Å². The van der Waals surface area contributed by atoms with Gasteiger partial charge >= 0.3 is 0 Å². The number of anilines is 1. The lowest BCUT2D eigenvalue weighted by atomic mass is 9.87. The van der Waals surface area contributed by atoms with Gasteiger partial charge in [-0.3, -0.25) is 0 Å². The highest BCUT2D eigenvalue weighted by atomic mass is 16.4. The molecule has 4 aromatic rings. The second-order valence-corrected chi connectivity index (χ2v) is 9.95. The van der Waals surface area contributed by atoms with Gasteiger partial charge in [0.15, 0.2) is 0 Å². The minimum absolute atomic E-state index is 0.133. The Bertz CT molecular complexity index is 1920. The van der Waals surface area contributed by atoms with Gasteiger partial charge in [-0.15, -0.1) is 0 Å². The van der Waals surface area contributed by atoms with E-state index in [0.29, 0.717) is 16.9 Å². The van der Waals surface area contributed by atoms with Crippen LogP contribution < -0.4 is 20.4 Å². The van der Waals surface area contributed by atoms with Crippen LogP contribution in [0.4, 0.5) is 5.69 Å². The predicted molar refractivity (Wildman–Crippen MR) is 160 cm³/mol. The minimum Gasteiger partial charge on any atom is -0.545 e. The molecule has 5 heteroatoms. The molecule has 5 nitrogen and oxygen atoms in total. The van der Waals surface area contributed by atoms with Crippen LogP contribution in [0.5, 0.6) is 0 Å². The van der Waals surface area contributed by atoms with Gasteiger partial charge in [-0.1, -0.05) is 84.9 Å². The van der Waals surface area contributed by atoms with Gasteiger partial charge in [0, 0.05) is 46.4 Å². The fourth-order valence-corrected chi connectivity index (χ4v) is 5.42. The molecule has 0 fully saturated rings. The molecule has 1 aliphatic heterocycles. The first kappa shape index (κ1) is 25.1. The molecule has 2 aliphatic rings. The average molecular weight is 525 g/mol. The molecule has 0 saturated heterocycles. The van der Waals surface area contributed by atoms with Gasteiger partial charge < -0.3 is 19.6 Å². The Morgan fingerprint density at radius 3 is 1.98 bits per heavy atom. The molecular weight excluding hydrogens is 496 g/mol. The van der Waals surface area contributed by atoms with Gasteiger partial charge in [0.1, 0.15) is 25.4 Å². The predicted octanol–water partition coefficient (Wildman–Crippen LogP) is 5.98. The first-order chi connectivity index (χ1) is 19.5. The monoisotopic (exact) mass is 524 g/mol. The normalized spacial score (nSPS) is 11.1. The van der Waals surface area contributed by atoms with Crippen LogP contribution in [0.3, 0.4) is 0 Å². The van der Waals surface area contributed by atoms with Crippen molar-refractivity contribution in [1.82, 2.24) is 4.58 Å². The standard InChI is InChI=1S/C35H28N2O3/c1-36-30-20-32-28(18-26(30)22-12-6-4-7-13-22)34(24-16-10-11-17-25(24)35(38)39)29-19-27(23-14-8-5-9-15-23)31(37(2)3)21-33(29)40-32/h4-21H,1-3H3,(H,38,39). The summed E-state index contributed by atoms with van der Waals surface area (Å²) < 4.78 is 8.66. The van der Waals surface area contributed by atoms with Crippen LogP contribution in [0.25, 0.3) is 55.7 Å². The number of carboxylic acid groups (broad SMARTS) is 1. The van der Waals surface area contributed by atoms with Crippen molar-refractivity contribution in [1.29, 1.82) is 0 Å². The average Bonchev–Trinajstić information content (AvgIpc) is 2.99. The maximum absolute atomic E-state index is 12.3. The van der Waals surface area contributed by atoms with Crippen molar-refractivity contribution in [3.63, 3.8) is 0 Å². The van der Waals surface area contributed by atoms with Gasteiger partial charge in [-0.05, 0) is 28.8 Å². The number of aromatic carboxylic acids is 1. The van der Waals surface area contributed by atoms with Crippen LogP contribution in [-0.2, 0) is 0 Å². The lowest BCUT2D eigenvalue weighted by molar-refractivity contribution is -0.254. The highest BCUT2D eigenvalue weighted by molar-refractivity contribution is 6.09. The van der Waals surface area contributed by atoms with Crippen molar-refractivity contribution in [2.45, 2.75) is 0 Å². The Morgan fingerprint density at radius 1 is 0.725 bits per heavy atom. The van der Waals surface area contributed by atoms with Gasteiger partial charge in [0.05, 0.1) is 17.6 Å². The second kappa shape index (κ2) is 10.2. The van der Waals surface area contributed by atoms with Crippen LogP contribution in [0, 0.1) is 0 Å². The summed E-state index contributed by atoms with van der Waals surface area (Å²) in [4.78, 5) is 12.3. The number of rotatable bonds is 5. The maximum Gasteiger partial charge on any atom is 0.211 e. The molecule has 0 bridgehead atoms. The molecule has 0 spiro atoms. The molecule has 0 saturated carbocycles. The molecule has 0 aromatic heterocycles. The number of carbonyl (C=O) groups excluding carboxylic acids is 1. The van der Waals surface area contributed by atoms with E-state index in [0.717, 1.165) is 49.8 Å². The summed E-state index contributed by atoms with van der Waals surface area (Å²) in [7, 11) is 5.90. The second-order valence-electron chi connectivity index (χ2n) is 9.95. The number of benzene rings is 5. The molecule has 0 amide bonds. The van der Waals surface area contributed by atoms with Gasteiger partial charge in [-0.2, -0.15) is 0 Å². The van der Waals surface area contributed by atoms with E-state index in [4.69, 9.17) is 4.42 Å². The summed E-state index contributed by atoms with van der Waals surface area (Å²) in [6, 6.07) is 35.5. The van der Waals surface area contributed by atoms with Crippen molar-refractivity contribution in [3.8, 4) is 44.7 Å². The summed E-state index contributed by atoms with van der Waals surface area (Å²) in [5.41, 5.74) is 8.00. The van der Waals surface area contributed by atoms with E-state index in [1.165, 1.54) is 0 Å². The lowest BCUT2D eigenvalue weighted by Gasteiger charge is -2.21. The summed E-state index contributed by atoms with van der Waals surface area (Å²) >= 11 is 0. The number of hydrogen-bond donors (Lipinski definition) is 1. The Kier molecular flexibility index (Phi) is 6.40. The fraction of sp³-hybridized carbons (Fsp3) is 0.0857. The first-order valence-electron chi connectivity index (χ1n) is 13.1. The quantitative estimate of drug-likeness (QED) is 0.223. The zero-order valence-electron chi connectivity index (χ0n) is 22.6. The van der Waals surface area contributed by atoms with Crippen molar-refractivity contribution in [2.75, 3.05) is 26.5 Å².